The predicted molar refractivity (Wildman–Crippen MR) is 133 cm³/mol. The van der Waals surface area contributed by atoms with Gasteiger partial charge in [-0.25, -0.2) is 14.8 Å². The van der Waals surface area contributed by atoms with Gasteiger partial charge in [-0.1, -0.05) is 0 Å². The van der Waals surface area contributed by atoms with E-state index in [1.807, 2.05) is 6.07 Å². The molecule has 2 aromatic heterocycles. The summed E-state index contributed by atoms with van der Waals surface area (Å²) in [5.74, 6) is 1.14. The lowest BCUT2D eigenvalue weighted by molar-refractivity contribution is -0.118. The highest BCUT2D eigenvalue weighted by Gasteiger charge is 2.46. The molecule has 2 N–H and O–H groups in total. The number of carbonyl (C=O) groups is 3. The largest absolute Gasteiger partial charge is 0.481 e. The average Bonchev–Trinajstić information content (AvgIpc) is 3.24. The number of allylic oxidation sites excluding steroid dienone is 1. The van der Waals surface area contributed by atoms with Crippen LogP contribution in [0.25, 0.3) is 6.08 Å². The summed E-state index contributed by atoms with van der Waals surface area (Å²) in [7, 11) is 1.56. The Hall–Kier alpha value is -3.99. The van der Waals surface area contributed by atoms with Crippen molar-refractivity contribution in [1.29, 1.82) is 0 Å². The second-order valence-corrected chi connectivity index (χ2v) is 9.58. The molecule has 4 aliphatic rings. The number of hydrogen-bond donors (Lipinski definition) is 2. The van der Waals surface area contributed by atoms with Crippen LogP contribution in [0.1, 0.15) is 42.9 Å². The monoisotopic (exact) mass is 505 g/mol. The van der Waals surface area contributed by atoms with E-state index < -0.39 is 6.09 Å². The summed E-state index contributed by atoms with van der Waals surface area (Å²) in [5, 5.41) is 6.23. The van der Waals surface area contributed by atoms with Crippen molar-refractivity contribution >= 4 is 35.5 Å². The number of ketones is 1. The topological polar surface area (TPSA) is 132 Å². The van der Waals surface area contributed by atoms with Gasteiger partial charge < -0.3 is 24.8 Å². The molecule has 2 amide bonds. The Morgan fingerprint density at radius 3 is 2.89 bits per heavy atom. The van der Waals surface area contributed by atoms with Gasteiger partial charge in [0, 0.05) is 18.5 Å². The van der Waals surface area contributed by atoms with Gasteiger partial charge in [0.1, 0.15) is 11.9 Å². The van der Waals surface area contributed by atoms with E-state index in [9.17, 15) is 14.4 Å². The fourth-order valence-corrected chi connectivity index (χ4v) is 5.53. The highest BCUT2D eigenvalue weighted by atomic mass is 16.6. The van der Waals surface area contributed by atoms with E-state index in [2.05, 4.69) is 20.6 Å². The summed E-state index contributed by atoms with van der Waals surface area (Å²) in [6, 6.07) is 7.15. The zero-order chi connectivity index (χ0) is 25.5. The maximum Gasteiger partial charge on any atom is 0.416 e. The van der Waals surface area contributed by atoms with Crippen molar-refractivity contribution in [1.82, 2.24) is 15.3 Å². The number of carbonyl (C=O) groups excluding carboxylic acids is 3. The number of hydrogen-bond acceptors (Lipinski definition) is 9. The number of amides is 2. The van der Waals surface area contributed by atoms with Crippen molar-refractivity contribution in [2.75, 3.05) is 30.5 Å². The number of fused-ring (bicyclic) bond motifs is 3. The smallest absolute Gasteiger partial charge is 0.416 e. The lowest BCUT2D eigenvalue weighted by Gasteiger charge is -2.33. The van der Waals surface area contributed by atoms with Crippen LogP contribution in [-0.2, 0) is 14.3 Å². The van der Waals surface area contributed by atoms with Gasteiger partial charge in [-0.2, -0.15) is 0 Å². The van der Waals surface area contributed by atoms with E-state index in [0.717, 1.165) is 24.1 Å². The molecule has 1 saturated carbocycles. The van der Waals surface area contributed by atoms with Crippen LogP contribution >= 0.6 is 0 Å². The molecule has 2 aliphatic heterocycles. The number of nitrogens with zero attached hydrogens (tertiary/aromatic N) is 3. The fourth-order valence-electron chi connectivity index (χ4n) is 5.53. The van der Waals surface area contributed by atoms with Gasteiger partial charge in [-0.05, 0) is 61.7 Å². The first kappa shape index (κ1) is 23.4. The number of rotatable bonds is 6. The lowest BCUT2D eigenvalue weighted by Crippen LogP contribution is -2.46. The molecule has 0 radical (unpaired) electrons. The summed E-state index contributed by atoms with van der Waals surface area (Å²) >= 11 is 0. The molecule has 1 unspecified atom stereocenters. The van der Waals surface area contributed by atoms with Gasteiger partial charge >= 0.3 is 6.09 Å². The Labute approximate surface area is 213 Å². The molecule has 0 bridgehead atoms. The summed E-state index contributed by atoms with van der Waals surface area (Å²) < 4.78 is 16.3. The van der Waals surface area contributed by atoms with Crippen molar-refractivity contribution in [2.45, 2.75) is 49.8 Å². The zero-order valence-electron chi connectivity index (χ0n) is 20.3. The van der Waals surface area contributed by atoms with Gasteiger partial charge in [0.05, 0.1) is 24.8 Å². The Bertz CT molecular complexity index is 1300. The SMILES string of the molecule is COc1ccc2c(n1)C(CCN[C@H]1CC[C@H]3[C@H](C1)OC(=O)N3c1ccc3c(n1)NC(=O)CO3)C(=O)C=C2. The molecular formula is C26H27N5O6. The number of pyridine rings is 2. The molecule has 1 saturated heterocycles. The van der Waals surface area contributed by atoms with Crippen LogP contribution < -0.4 is 25.0 Å². The molecule has 0 spiro atoms. The molecule has 6 rings (SSSR count). The fraction of sp³-hybridized carbons (Fsp3) is 0.423. The Morgan fingerprint density at radius 1 is 1.14 bits per heavy atom. The summed E-state index contributed by atoms with van der Waals surface area (Å²) in [6.07, 6.45) is 5.57. The number of anilines is 2. The van der Waals surface area contributed by atoms with Crippen LogP contribution in [0.15, 0.2) is 30.3 Å². The molecule has 2 aromatic rings. The van der Waals surface area contributed by atoms with E-state index in [1.54, 1.807) is 42.4 Å². The Balaban J connectivity index is 1.08. The molecule has 4 heterocycles. The first-order chi connectivity index (χ1) is 18.0. The van der Waals surface area contributed by atoms with E-state index in [4.69, 9.17) is 14.2 Å². The second kappa shape index (κ2) is 9.47. The molecule has 2 fully saturated rings. The van der Waals surface area contributed by atoms with Crippen molar-refractivity contribution in [2.24, 2.45) is 0 Å². The number of aromatic nitrogens is 2. The van der Waals surface area contributed by atoms with Crippen molar-refractivity contribution in [3.8, 4) is 11.6 Å². The highest BCUT2D eigenvalue weighted by Crippen LogP contribution is 2.37. The van der Waals surface area contributed by atoms with Crippen LogP contribution in [0.5, 0.6) is 11.6 Å². The van der Waals surface area contributed by atoms with Crippen molar-refractivity contribution in [3.63, 3.8) is 0 Å². The van der Waals surface area contributed by atoms with E-state index in [-0.39, 0.29) is 42.4 Å². The van der Waals surface area contributed by atoms with Crippen molar-refractivity contribution in [3.05, 3.63) is 41.6 Å². The summed E-state index contributed by atoms with van der Waals surface area (Å²) in [6.45, 7) is 0.579. The van der Waals surface area contributed by atoms with E-state index in [0.29, 0.717) is 42.7 Å². The average molecular weight is 506 g/mol. The molecule has 0 aromatic carbocycles. The normalized spacial score (nSPS) is 26.0. The third kappa shape index (κ3) is 4.39. The zero-order valence-corrected chi connectivity index (χ0v) is 20.3. The number of methoxy groups -OCH3 is 1. The van der Waals surface area contributed by atoms with Crippen molar-refractivity contribution < 1.29 is 28.6 Å². The summed E-state index contributed by atoms with van der Waals surface area (Å²) in [4.78, 5) is 47.6. The van der Waals surface area contributed by atoms with Crippen LogP contribution in [0.3, 0.4) is 0 Å². The van der Waals surface area contributed by atoms with Gasteiger partial charge in [-0.15, -0.1) is 0 Å². The molecule has 11 heteroatoms. The first-order valence-corrected chi connectivity index (χ1v) is 12.4. The van der Waals surface area contributed by atoms with Gasteiger partial charge in [0.15, 0.2) is 24.0 Å². The molecule has 2 aliphatic carbocycles. The highest BCUT2D eigenvalue weighted by molar-refractivity contribution is 6.01. The van der Waals surface area contributed by atoms with Gasteiger partial charge in [0.25, 0.3) is 5.91 Å². The second-order valence-electron chi connectivity index (χ2n) is 9.58. The van der Waals surface area contributed by atoms with Crippen LogP contribution in [0, 0.1) is 0 Å². The predicted octanol–water partition coefficient (Wildman–Crippen LogP) is 2.42. The minimum absolute atomic E-state index is 0.0401. The molecule has 4 atom stereocenters. The van der Waals surface area contributed by atoms with E-state index >= 15 is 0 Å². The summed E-state index contributed by atoms with van der Waals surface area (Å²) in [5.41, 5.74) is 1.68. The molecule has 11 nitrogen and oxygen atoms in total. The van der Waals surface area contributed by atoms with Gasteiger partial charge in [0.2, 0.25) is 5.88 Å². The first-order valence-electron chi connectivity index (χ1n) is 12.4. The Morgan fingerprint density at radius 2 is 2.03 bits per heavy atom. The van der Waals surface area contributed by atoms with Crippen LogP contribution in [0.2, 0.25) is 0 Å². The van der Waals surface area contributed by atoms with Crippen LogP contribution in [0.4, 0.5) is 16.4 Å². The quantitative estimate of drug-likeness (QED) is 0.607. The van der Waals surface area contributed by atoms with Gasteiger partial charge in [-0.3, -0.25) is 14.5 Å². The maximum absolute atomic E-state index is 12.8. The third-order valence-corrected chi connectivity index (χ3v) is 7.35. The van der Waals surface area contributed by atoms with E-state index in [1.165, 1.54) is 0 Å². The lowest BCUT2D eigenvalue weighted by atomic mass is 9.86. The Kier molecular flexibility index (Phi) is 5.99. The third-order valence-electron chi connectivity index (χ3n) is 7.35. The minimum Gasteiger partial charge on any atom is -0.481 e. The molecular weight excluding hydrogens is 478 g/mol. The molecule has 192 valence electrons. The standard InChI is InChI=1S/C26H27N5O6/c1-35-23-9-3-14-2-6-18(32)16(24(14)30-23)10-11-27-15-4-5-17-20(12-15)37-26(34)31(17)21-8-7-19-25(28-21)29-22(33)13-36-19/h2-3,6-9,15-17,20,27H,4-5,10-13H2,1H3,(H,28,29,33)/t15-,16?,17-,20-/m0/s1. The number of nitrogens with one attached hydrogen (secondary N) is 2. The number of ether oxygens (including phenoxy) is 3. The maximum atomic E-state index is 12.8. The van der Waals surface area contributed by atoms with Crippen LogP contribution in [-0.4, -0.2) is 66.2 Å². The molecule has 37 heavy (non-hydrogen) atoms. The minimum atomic E-state index is -0.442.